The van der Waals surface area contributed by atoms with E-state index in [-0.39, 0.29) is 5.91 Å². The van der Waals surface area contributed by atoms with Crippen LogP contribution < -0.4 is 10.1 Å². The van der Waals surface area contributed by atoms with Gasteiger partial charge in [-0.05, 0) is 31.0 Å². The fraction of sp³-hybridized carbons (Fsp3) is 0.222. The van der Waals surface area contributed by atoms with Crippen molar-refractivity contribution in [3.63, 3.8) is 0 Å². The molecule has 0 fully saturated rings. The molecule has 0 aromatic carbocycles. The Balaban J connectivity index is 1.66. The van der Waals surface area contributed by atoms with Gasteiger partial charge in [-0.25, -0.2) is 4.98 Å². The van der Waals surface area contributed by atoms with Gasteiger partial charge in [0.15, 0.2) is 5.76 Å². The van der Waals surface area contributed by atoms with Crippen molar-refractivity contribution < 1.29 is 14.1 Å². The fourth-order valence-electron chi connectivity index (χ4n) is 2.42. The van der Waals surface area contributed by atoms with Crippen LogP contribution in [0.3, 0.4) is 0 Å². The number of hydrogen-bond acceptors (Lipinski definition) is 6. The molecule has 0 aliphatic heterocycles. The van der Waals surface area contributed by atoms with E-state index < -0.39 is 0 Å². The molecule has 0 unspecified atom stereocenters. The number of hydrogen-bond donors (Lipinski definition) is 1. The maximum absolute atomic E-state index is 12.5. The molecule has 0 aliphatic rings. The van der Waals surface area contributed by atoms with E-state index in [2.05, 4.69) is 20.4 Å². The molecular formula is C18H18N4O3. The first-order valence-corrected chi connectivity index (χ1v) is 7.83. The van der Waals surface area contributed by atoms with Gasteiger partial charge in [0.25, 0.3) is 5.91 Å². The molecule has 0 saturated carbocycles. The van der Waals surface area contributed by atoms with E-state index >= 15 is 0 Å². The van der Waals surface area contributed by atoms with Gasteiger partial charge in [0.2, 0.25) is 5.88 Å². The van der Waals surface area contributed by atoms with E-state index in [1.54, 1.807) is 44.8 Å². The number of carbonyl (C=O) groups excluding carboxylic acids is 1. The number of pyridine rings is 2. The highest BCUT2D eigenvalue weighted by molar-refractivity contribution is 6.00. The summed E-state index contributed by atoms with van der Waals surface area (Å²) in [5.41, 5.74) is 2.70. The lowest BCUT2D eigenvalue weighted by molar-refractivity contribution is 0.0954. The Morgan fingerprint density at radius 2 is 2.16 bits per heavy atom. The second-order valence-electron chi connectivity index (χ2n) is 5.43. The Morgan fingerprint density at radius 1 is 1.28 bits per heavy atom. The maximum Gasteiger partial charge on any atom is 0.257 e. The molecule has 7 heteroatoms. The van der Waals surface area contributed by atoms with Crippen LogP contribution in [-0.4, -0.2) is 34.7 Å². The molecule has 7 nitrogen and oxygen atoms in total. The number of ether oxygens (including phenoxy) is 1. The molecule has 1 N–H and O–H groups in total. The second-order valence-corrected chi connectivity index (χ2v) is 5.43. The third kappa shape index (κ3) is 3.82. The molecule has 25 heavy (non-hydrogen) atoms. The van der Waals surface area contributed by atoms with Gasteiger partial charge < -0.3 is 14.6 Å². The Labute approximate surface area is 145 Å². The third-order valence-corrected chi connectivity index (χ3v) is 3.72. The van der Waals surface area contributed by atoms with Crippen molar-refractivity contribution in [3.8, 4) is 17.2 Å². The molecule has 0 atom stereocenters. The Bertz CT molecular complexity index is 845. The van der Waals surface area contributed by atoms with Gasteiger partial charge in [-0.2, -0.15) is 0 Å². The van der Waals surface area contributed by atoms with Crippen LogP contribution >= 0.6 is 0 Å². The monoisotopic (exact) mass is 338 g/mol. The lowest BCUT2D eigenvalue weighted by Gasteiger charge is -2.06. The summed E-state index contributed by atoms with van der Waals surface area (Å²) in [6.07, 6.45) is 5.70. The van der Waals surface area contributed by atoms with Crippen LogP contribution in [0, 0.1) is 6.92 Å². The first-order valence-electron chi connectivity index (χ1n) is 7.83. The topological polar surface area (TPSA) is 90.1 Å². The van der Waals surface area contributed by atoms with Crippen LogP contribution in [0.5, 0.6) is 5.88 Å². The molecular weight excluding hydrogens is 320 g/mol. The predicted molar refractivity (Wildman–Crippen MR) is 91.3 cm³/mol. The molecule has 1 amide bonds. The normalized spacial score (nSPS) is 10.5. The van der Waals surface area contributed by atoms with Crippen molar-refractivity contribution >= 4 is 5.91 Å². The molecule has 3 aromatic rings. The summed E-state index contributed by atoms with van der Waals surface area (Å²) in [7, 11) is 1.57. The Kier molecular flexibility index (Phi) is 5.03. The average molecular weight is 338 g/mol. The van der Waals surface area contributed by atoms with Gasteiger partial charge in [0.05, 0.1) is 12.8 Å². The molecule has 128 valence electrons. The molecule has 3 heterocycles. The van der Waals surface area contributed by atoms with E-state index in [9.17, 15) is 4.79 Å². The van der Waals surface area contributed by atoms with E-state index in [4.69, 9.17) is 9.26 Å². The van der Waals surface area contributed by atoms with Crippen LogP contribution in [0.1, 0.15) is 21.6 Å². The summed E-state index contributed by atoms with van der Waals surface area (Å²) in [6.45, 7) is 2.22. The van der Waals surface area contributed by atoms with Gasteiger partial charge in [-0.1, -0.05) is 11.2 Å². The zero-order valence-corrected chi connectivity index (χ0v) is 14.0. The summed E-state index contributed by atoms with van der Waals surface area (Å²) in [5.74, 6) is 0.766. The first kappa shape index (κ1) is 16.6. The quantitative estimate of drug-likeness (QED) is 0.742. The Morgan fingerprint density at radius 3 is 2.84 bits per heavy atom. The van der Waals surface area contributed by atoms with Crippen LogP contribution in [0.15, 0.2) is 47.4 Å². The standard InChI is InChI=1S/C18H18N4O3/c1-12-16(17(25-22-12)14-4-3-8-19-11-14)18(23)20-9-7-13-5-6-15(24-2)21-10-13/h3-6,8,10-11H,7,9H2,1-2H3,(H,20,23). The molecule has 0 radical (unpaired) electrons. The number of rotatable bonds is 6. The highest BCUT2D eigenvalue weighted by Crippen LogP contribution is 2.25. The van der Waals surface area contributed by atoms with Gasteiger partial charge in [0, 0.05) is 36.8 Å². The zero-order valence-electron chi connectivity index (χ0n) is 14.0. The number of nitrogens with one attached hydrogen (secondary N) is 1. The van der Waals surface area contributed by atoms with Crippen molar-refractivity contribution in [1.82, 2.24) is 20.4 Å². The molecule has 0 bridgehead atoms. The first-order chi connectivity index (χ1) is 12.2. The smallest absolute Gasteiger partial charge is 0.257 e. The molecule has 0 saturated heterocycles. The third-order valence-electron chi connectivity index (χ3n) is 3.72. The summed E-state index contributed by atoms with van der Waals surface area (Å²) in [6, 6.07) is 7.32. The van der Waals surface area contributed by atoms with Crippen LogP contribution in [0.2, 0.25) is 0 Å². The summed E-state index contributed by atoms with van der Waals surface area (Å²) in [5, 5.41) is 6.81. The minimum absolute atomic E-state index is 0.223. The van der Waals surface area contributed by atoms with E-state index in [0.29, 0.717) is 41.4 Å². The fourth-order valence-corrected chi connectivity index (χ4v) is 2.42. The largest absolute Gasteiger partial charge is 0.481 e. The highest BCUT2D eigenvalue weighted by atomic mass is 16.5. The van der Waals surface area contributed by atoms with Crippen LogP contribution in [0.4, 0.5) is 0 Å². The van der Waals surface area contributed by atoms with Crippen LogP contribution in [-0.2, 0) is 6.42 Å². The number of amides is 1. The highest BCUT2D eigenvalue weighted by Gasteiger charge is 2.21. The molecule has 0 spiro atoms. The van der Waals surface area contributed by atoms with Crippen molar-refractivity contribution in [2.24, 2.45) is 0 Å². The number of methoxy groups -OCH3 is 1. The van der Waals surface area contributed by atoms with Gasteiger partial charge in [-0.15, -0.1) is 0 Å². The zero-order chi connectivity index (χ0) is 17.6. The minimum atomic E-state index is -0.223. The van der Waals surface area contributed by atoms with Gasteiger partial charge >= 0.3 is 0 Å². The average Bonchev–Trinajstić information content (AvgIpc) is 3.04. The van der Waals surface area contributed by atoms with E-state index in [0.717, 1.165) is 5.56 Å². The van der Waals surface area contributed by atoms with E-state index in [1.165, 1.54) is 0 Å². The molecule has 0 aliphatic carbocycles. The number of aromatic nitrogens is 3. The van der Waals surface area contributed by atoms with Crippen molar-refractivity contribution in [1.29, 1.82) is 0 Å². The van der Waals surface area contributed by atoms with Crippen molar-refractivity contribution in [3.05, 3.63) is 59.7 Å². The van der Waals surface area contributed by atoms with Gasteiger partial charge in [0.1, 0.15) is 5.56 Å². The number of nitrogens with zero attached hydrogens (tertiary/aromatic N) is 3. The van der Waals surface area contributed by atoms with Gasteiger partial charge in [-0.3, -0.25) is 9.78 Å². The number of carbonyl (C=O) groups is 1. The molecule has 3 rings (SSSR count). The molecule has 3 aromatic heterocycles. The minimum Gasteiger partial charge on any atom is -0.481 e. The predicted octanol–water partition coefficient (Wildman–Crippen LogP) is 2.42. The Hall–Kier alpha value is -3.22. The van der Waals surface area contributed by atoms with Crippen LogP contribution in [0.25, 0.3) is 11.3 Å². The summed E-state index contributed by atoms with van der Waals surface area (Å²) in [4.78, 5) is 20.7. The summed E-state index contributed by atoms with van der Waals surface area (Å²) < 4.78 is 10.3. The number of aryl methyl sites for hydroxylation is 1. The SMILES string of the molecule is COc1ccc(CCNC(=O)c2c(C)noc2-c2cccnc2)cn1. The van der Waals surface area contributed by atoms with E-state index in [1.807, 2.05) is 12.1 Å². The van der Waals surface area contributed by atoms with Crippen molar-refractivity contribution in [2.45, 2.75) is 13.3 Å². The second kappa shape index (κ2) is 7.57. The maximum atomic E-state index is 12.5. The van der Waals surface area contributed by atoms with Crippen molar-refractivity contribution in [2.75, 3.05) is 13.7 Å². The lowest BCUT2D eigenvalue weighted by Crippen LogP contribution is -2.26. The summed E-state index contributed by atoms with van der Waals surface area (Å²) >= 11 is 0. The lowest BCUT2D eigenvalue weighted by atomic mass is 10.1.